The lowest BCUT2D eigenvalue weighted by atomic mass is 9.61. The Labute approximate surface area is 239 Å². The maximum atomic E-state index is 11.3. The van der Waals surface area contributed by atoms with Crippen molar-refractivity contribution in [1.82, 2.24) is 4.98 Å². The minimum Gasteiger partial charge on any atom is -0.393 e. The van der Waals surface area contributed by atoms with Crippen molar-refractivity contribution in [1.29, 1.82) is 0 Å². The van der Waals surface area contributed by atoms with Crippen molar-refractivity contribution in [3.8, 4) is 0 Å². The molecule has 214 valence electrons. The molecule has 3 N–H and O–H groups in total. The van der Waals surface area contributed by atoms with Crippen LogP contribution in [0.2, 0.25) is 0 Å². The van der Waals surface area contributed by atoms with E-state index in [1.165, 1.54) is 49.8 Å². The topological polar surface area (TPSA) is 73.6 Å². The van der Waals surface area contributed by atoms with Crippen molar-refractivity contribution in [2.24, 2.45) is 23.2 Å². The first-order chi connectivity index (χ1) is 18.7. The summed E-state index contributed by atoms with van der Waals surface area (Å²) in [6.45, 7) is 11.2. The number of aryl methyl sites for hydroxylation is 1. The average molecular weight is 552 g/mol. The zero-order chi connectivity index (χ0) is 27.8. The summed E-state index contributed by atoms with van der Waals surface area (Å²) in [6.07, 6.45) is 19.7. The van der Waals surface area contributed by atoms with Crippen molar-refractivity contribution in [3.05, 3.63) is 63.7 Å². The molecule has 39 heavy (non-hydrogen) atoms. The van der Waals surface area contributed by atoms with E-state index < -0.39 is 18.3 Å². The van der Waals surface area contributed by atoms with Crippen molar-refractivity contribution in [2.45, 2.75) is 122 Å². The number of unbranched alkanes of at least 4 members (excludes halogenated alkanes) is 1. The highest BCUT2D eigenvalue weighted by molar-refractivity contribution is 7.09. The van der Waals surface area contributed by atoms with E-state index in [1.807, 2.05) is 0 Å². The van der Waals surface area contributed by atoms with Crippen LogP contribution in [0.3, 0.4) is 0 Å². The summed E-state index contributed by atoms with van der Waals surface area (Å²) < 4.78 is 0. The molecule has 0 radical (unpaired) electrons. The number of rotatable bonds is 9. The molecule has 4 fully saturated rings. The number of allylic oxidation sites excluding steroid dienone is 4. The van der Waals surface area contributed by atoms with Crippen LogP contribution in [0.15, 0.2) is 53.0 Å². The Morgan fingerprint density at radius 3 is 2.72 bits per heavy atom. The van der Waals surface area contributed by atoms with Gasteiger partial charge in [0.15, 0.2) is 0 Å². The number of hydrogen-bond donors (Lipinski definition) is 3. The molecule has 4 saturated carbocycles. The Balaban J connectivity index is 1.26. The lowest BCUT2D eigenvalue weighted by Gasteiger charge is -2.44. The molecule has 0 aliphatic heterocycles. The van der Waals surface area contributed by atoms with Crippen LogP contribution in [0.5, 0.6) is 0 Å². The molecule has 1 aromatic heterocycles. The second-order valence-electron chi connectivity index (χ2n) is 13.3. The van der Waals surface area contributed by atoms with Gasteiger partial charge in [-0.15, -0.1) is 11.3 Å². The van der Waals surface area contributed by atoms with Gasteiger partial charge >= 0.3 is 0 Å². The number of fused-ring (bicyclic) bond motifs is 1. The third kappa shape index (κ3) is 5.80. The summed E-state index contributed by atoms with van der Waals surface area (Å²) in [5, 5.41) is 35.0. The Morgan fingerprint density at radius 1 is 1.18 bits per heavy atom. The van der Waals surface area contributed by atoms with Crippen LogP contribution in [0.4, 0.5) is 0 Å². The smallest absolute Gasteiger partial charge is 0.102 e. The molecule has 5 rings (SSSR count). The van der Waals surface area contributed by atoms with Gasteiger partial charge in [-0.25, -0.2) is 4.98 Å². The fourth-order valence-electron chi connectivity index (χ4n) is 7.99. The van der Waals surface area contributed by atoms with Crippen molar-refractivity contribution in [3.63, 3.8) is 0 Å². The number of hydrogen-bond acceptors (Lipinski definition) is 5. The Kier molecular flexibility index (Phi) is 8.74. The van der Waals surface area contributed by atoms with Crippen LogP contribution in [0, 0.1) is 23.2 Å². The molecule has 0 bridgehead atoms. The molecule has 5 heteroatoms. The largest absolute Gasteiger partial charge is 0.393 e. The number of aliphatic hydroxyl groups is 3. The second kappa shape index (κ2) is 11.8. The first-order valence-electron chi connectivity index (χ1n) is 15.4. The lowest BCUT2D eigenvalue weighted by molar-refractivity contribution is 0.0862. The van der Waals surface area contributed by atoms with Crippen molar-refractivity contribution in [2.75, 3.05) is 0 Å². The zero-order valence-electron chi connectivity index (χ0n) is 24.2. The number of thiazole rings is 1. The monoisotopic (exact) mass is 551 g/mol. The highest BCUT2D eigenvalue weighted by atomic mass is 32.1. The van der Waals surface area contributed by atoms with Gasteiger partial charge in [0.25, 0.3) is 0 Å². The lowest BCUT2D eigenvalue weighted by Crippen LogP contribution is -2.35. The van der Waals surface area contributed by atoms with Crippen LogP contribution < -0.4 is 0 Å². The van der Waals surface area contributed by atoms with Gasteiger partial charge in [0, 0.05) is 11.8 Å². The average Bonchev–Trinajstić information content (AvgIpc) is 3.44. The van der Waals surface area contributed by atoms with Crippen LogP contribution >= 0.6 is 11.3 Å². The SMILES string of the molecule is C=C1C(=CC=C2CCC[C@]3(C)[C@@H]([C@H](C)C=C[C@@H](O)C4(c5nc(CCCC)cs5)CC4)CC[C@@H]23)C[C@@H](O)C[C@@H]1O. The molecule has 4 nitrogen and oxygen atoms in total. The van der Waals surface area contributed by atoms with E-state index in [2.05, 4.69) is 57.0 Å². The minimum atomic E-state index is -0.637. The van der Waals surface area contributed by atoms with Gasteiger partial charge in [-0.1, -0.05) is 63.6 Å². The highest BCUT2D eigenvalue weighted by Gasteiger charge is 2.53. The molecular formula is C34H49NO3S. The van der Waals surface area contributed by atoms with Gasteiger partial charge in [0.1, 0.15) is 5.01 Å². The third-order valence-electron chi connectivity index (χ3n) is 10.7. The third-order valence-corrected chi connectivity index (χ3v) is 11.8. The van der Waals surface area contributed by atoms with Gasteiger partial charge in [-0.2, -0.15) is 0 Å². The summed E-state index contributed by atoms with van der Waals surface area (Å²) >= 11 is 1.74. The van der Waals surface area contributed by atoms with Gasteiger partial charge in [-0.3, -0.25) is 0 Å². The first kappa shape index (κ1) is 29.0. The Hall–Kier alpha value is -1.53. The number of nitrogens with zero attached hydrogens (tertiary/aromatic N) is 1. The zero-order valence-corrected chi connectivity index (χ0v) is 25.1. The minimum absolute atomic E-state index is 0.161. The van der Waals surface area contributed by atoms with E-state index in [1.54, 1.807) is 11.3 Å². The summed E-state index contributed by atoms with van der Waals surface area (Å²) in [6, 6.07) is 0. The van der Waals surface area contributed by atoms with E-state index in [4.69, 9.17) is 4.98 Å². The predicted molar refractivity (Wildman–Crippen MR) is 161 cm³/mol. The van der Waals surface area contributed by atoms with Crippen molar-refractivity contribution >= 4 is 11.3 Å². The van der Waals surface area contributed by atoms with Crippen LogP contribution in [-0.4, -0.2) is 38.6 Å². The normalized spacial score (nSPS) is 36.0. The fourth-order valence-corrected chi connectivity index (χ4v) is 9.13. The number of aliphatic hydroxyl groups excluding tert-OH is 3. The molecular weight excluding hydrogens is 502 g/mol. The molecule has 0 spiro atoms. The molecule has 4 aliphatic carbocycles. The molecule has 4 aliphatic rings. The van der Waals surface area contributed by atoms with E-state index in [-0.39, 0.29) is 10.8 Å². The molecule has 0 amide bonds. The summed E-state index contributed by atoms with van der Waals surface area (Å²) in [5.74, 6) is 1.60. The summed E-state index contributed by atoms with van der Waals surface area (Å²) in [5.41, 5.74) is 4.58. The van der Waals surface area contributed by atoms with Gasteiger partial charge in [0.2, 0.25) is 0 Å². The Bertz CT molecular complexity index is 1130. The summed E-state index contributed by atoms with van der Waals surface area (Å²) in [4.78, 5) is 4.93. The quantitative estimate of drug-likeness (QED) is 0.284. The highest BCUT2D eigenvalue weighted by Crippen LogP contribution is 2.60. The van der Waals surface area contributed by atoms with Crippen LogP contribution in [-0.2, 0) is 11.8 Å². The standard InChI is InChI=1S/C34H49NO3S/c1-5-6-9-26-21-39-32(35-26)34(17-18-34)31(38)15-10-22(2)28-13-14-29-24(8-7-16-33(28,29)4)11-12-25-19-27(36)20-30(37)23(25)3/h10-12,15,21-22,27-31,36-38H,3,5-9,13-14,16-20H2,1-2,4H3/t22-,27-,28-,29+,30+,31-,33-/m1/s1. The second-order valence-corrected chi connectivity index (χ2v) is 14.1. The van der Waals surface area contributed by atoms with E-state index in [0.29, 0.717) is 30.6 Å². The molecule has 0 unspecified atom stereocenters. The molecule has 1 aromatic rings. The van der Waals surface area contributed by atoms with Crippen molar-refractivity contribution < 1.29 is 15.3 Å². The molecule has 1 heterocycles. The number of aromatic nitrogens is 1. The molecule has 7 atom stereocenters. The predicted octanol–water partition coefficient (Wildman–Crippen LogP) is 7.21. The summed E-state index contributed by atoms with van der Waals surface area (Å²) in [7, 11) is 0. The van der Waals surface area contributed by atoms with Crippen LogP contribution in [0.1, 0.15) is 102 Å². The first-order valence-corrected chi connectivity index (χ1v) is 16.3. The van der Waals surface area contributed by atoms with E-state index in [9.17, 15) is 15.3 Å². The van der Waals surface area contributed by atoms with Crippen LogP contribution in [0.25, 0.3) is 0 Å². The fraction of sp³-hybridized carbons (Fsp3) is 0.676. The van der Waals surface area contributed by atoms with Gasteiger partial charge < -0.3 is 15.3 Å². The maximum Gasteiger partial charge on any atom is 0.102 e. The molecule has 0 saturated heterocycles. The van der Waals surface area contributed by atoms with Gasteiger partial charge in [0.05, 0.1) is 29.4 Å². The van der Waals surface area contributed by atoms with E-state index in [0.717, 1.165) is 41.8 Å². The molecule has 0 aromatic carbocycles. The van der Waals surface area contributed by atoms with Gasteiger partial charge in [-0.05, 0) is 98.5 Å². The van der Waals surface area contributed by atoms with E-state index >= 15 is 0 Å². The maximum absolute atomic E-state index is 11.3. The Morgan fingerprint density at radius 2 is 1.97 bits per heavy atom.